The molecule has 0 radical (unpaired) electrons. The molecule has 1 saturated heterocycles. The molecule has 1 amide bonds. The van der Waals surface area contributed by atoms with E-state index in [9.17, 15) is 19.5 Å². The number of ether oxygens (including phenoxy) is 1. The summed E-state index contributed by atoms with van der Waals surface area (Å²) in [6.45, 7) is 3.31. The number of carboxylic acids is 1. The van der Waals surface area contributed by atoms with Crippen molar-refractivity contribution < 1.29 is 19.4 Å². The van der Waals surface area contributed by atoms with Crippen molar-refractivity contribution in [2.45, 2.75) is 45.4 Å². The van der Waals surface area contributed by atoms with Gasteiger partial charge in [0.05, 0.1) is 12.6 Å². The van der Waals surface area contributed by atoms with Gasteiger partial charge in [-0.2, -0.15) is 0 Å². The number of aromatic carboxylic acids is 1. The van der Waals surface area contributed by atoms with Crippen LogP contribution in [0.15, 0.2) is 11.0 Å². The number of carboxylic acid groups (broad SMARTS) is 1. The number of rotatable bonds is 3. The van der Waals surface area contributed by atoms with Gasteiger partial charge in [-0.3, -0.25) is 9.59 Å². The Bertz CT molecular complexity index is 703. The summed E-state index contributed by atoms with van der Waals surface area (Å²) >= 11 is 0. The number of aromatic nitrogens is 1. The highest BCUT2D eigenvalue weighted by Gasteiger charge is 2.27. The van der Waals surface area contributed by atoms with E-state index in [0.717, 1.165) is 18.4 Å². The first kappa shape index (κ1) is 15.7. The molecule has 3 heterocycles. The molecule has 0 saturated carbocycles. The smallest absolute Gasteiger partial charge is 0.341 e. The van der Waals surface area contributed by atoms with Gasteiger partial charge in [0.2, 0.25) is 5.91 Å². The maximum absolute atomic E-state index is 12.5. The standard InChI is InChI=1S/C16H20N2O5/c1-10(19)17-5-4-13-11(7-17)8-18(9-12-3-2-6-23-12)15(20)14(13)16(21)22/h8,12H,2-7,9H2,1H3,(H,21,22). The molecule has 1 fully saturated rings. The monoisotopic (exact) mass is 320 g/mol. The molecule has 0 aliphatic carbocycles. The second kappa shape index (κ2) is 6.16. The van der Waals surface area contributed by atoms with Crippen LogP contribution in [-0.2, 0) is 29.0 Å². The zero-order valence-electron chi connectivity index (χ0n) is 13.1. The van der Waals surface area contributed by atoms with Gasteiger partial charge in [0.15, 0.2) is 0 Å². The van der Waals surface area contributed by atoms with Crippen LogP contribution >= 0.6 is 0 Å². The number of fused-ring (bicyclic) bond motifs is 1. The van der Waals surface area contributed by atoms with Gasteiger partial charge in [0, 0.05) is 32.8 Å². The first-order chi connectivity index (χ1) is 11.0. The fourth-order valence-corrected chi connectivity index (χ4v) is 3.34. The van der Waals surface area contributed by atoms with Gasteiger partial charge in [0.1, 0.15) is 5.56 Å². The molecule has 1 atom stereocenters. The lowest BCUT2D eigenvalue weighted by Crippen LogP contribution is -2.39. The van der Waals surface area contributed by atoms with E-state index in [2.05, 4.69) is 0 Å². The van der Waals surface area contributed by atoms with Gasteiger partial charge in [-0.25, -0.2) is 4.79 Å². The summed E-state index contributed by atoms with van der Waals surface area (Å²) in [4.78, 5) is 37.3. The molecule has 23 heavy (non-hydrogen) atoms. The van der Waals surface area contributed by atoms with E-state index in [1.165, 1.54) is 11.5 Å². The number of nitrogens with zero attached hydrogens (tertiary/aromatic N) is 2. The molecule has 1 aromatic heterocycles. The molecule has 124 valence electrons. The molecule has 0 aromatic carbocycles. The topological polar surface area (TPSA) is 88.8 Å². The van der Waals surface area contributed by atoms with E-state index >= 15 is 0 Å². The highest BCUT2D eigenvalue weighted by atomic mass is 16.5. The lowest BCUT2D eigenvalue weighted by atomic mass is 9.96. The molecule has 1 N–H and O–H groups in total. The minimum atomic E-state index is -1.20. The Balaban J connectivity index is 2.02. The number of amides is 1. The Morgan fingerprint density at radius 3 is 2.83 bits per heavy atom. The fraction of sp³-hybridized carbons (Fsp3) is 0.562. The molecule has 1 unspecified atom stereocenters. The molecule has 0 bridgehead atoms. The molecule has 1 aromatic rings. The van der Waals surface area contributed by atoms with E-state index in [4.69, 9.17) is 4.74 Å². The van der Waals surface area contributed by atoms with Crippen molar-refractivity contribution in [1.29, 1.82) is 0 Å². The third-order valence-electron chi connectivity index (χ3n) is 4.55. The fourth-order valence-electron chi connectivity index (χ4n) is 3.34. The molecule has 0 spiro atoms. The van der Waals surface area contributed by atoms with Gasteiger partial charge < -0.3 is 19.3 Å². The van der Waals surface area contributed by atoms with Crippen LogP contribution in [0.4, 0.5) is 0 Å². The number of pyridine rings is 1. The van der Waals surface area contributed by atoms with Crippen LogP contribution in [-0.4, -0.2) is 45.7 Å². The van der Waals surface area contributed by atoms with E-state index in [1.54, 1.807) is 11.1 Å². The maximum Gasteiger partial charge on any atom is 0.341 e. The third-order valence-corrected chi connectivity index (χ3v) is 4.55. The van der Waals surface area contributed by atoms with Gasteiger partial charge in [-0.1, -0.05) is 0 Å². The highest BCUT2D eigenvalue weighted by molar-refractivity contribution is 5.89. The quantitative estimate of drug-likeness (QED) is 0.882. The second-order valence-corrected chi connectivity index (χ2v) is 6.10. The van der Waals surface area contributed by atoms with Crippen molar-refractivity contribution in [1.82, 2.24) is 9.47 Å². The maximum atomic E-state index is 12.5. The number of hydrogen-bond acceptors (Lipinski definition) is 4. The lowest BCUT2D eigenvalue weighted by molar-refractivity contribution is -0.129. The summed E-state index contributed by atoms with van der Waals surface area (Å²) in [6.07, 6.45) is 3.85. The first-order valence-electron chi connectivity index (χ1n) is 7.83. The van der Waals surface area contributed by atoms with Crippen molar-refractivity contribution in [3.8, 4) is 0 Å². The van der Waals surface area contributed by atoms with Crippen molar-refractivity contribution in [3.05, 3.63) is 33.2 Å². The van der Waals surface area contributed by atoms with Crippen LogP contribution in [0, 0.1) is 0 Å². The zero-order valence-corrected chi connectivity index (χ0v) is 13.1. The SMILES string of the molecule is CC(=O)N1CCc2c(cn(CC3CCCO3)c(=O)c2C(=O)O)C1. The molecular weight excluding hydrogens is 300 g/mol. The minimum Gasteiger partial charge on any atom is -0.477 e. The van der Waals surface area contributed by atoms with Gasteiger partial charge in [-0.15, -0.1) is 0 Å². The van der Waals surface area contributed by atoms with E-state index in [0.29, 0.717) is 38.2 Å². The Hall–Kier alpha value is -2.15. The lowest BCUT2D eigenvalue weighted by Gasteiger charge is -2.29. The van der Waals surface area contributed by atoms with Crippen LogP contribution in [0.1, 0.15) is 41.3 Å². The normalized spacial score (nSPS) is 20.4. The zero-order chi connectivity index (χ0) is 16.6. The van der Waals surface area contributed by atoms with Crippen LogP contribution in [0.3, 0.4) is 0 Å². The van der Waals surface area contributed by atoms with Crippen molar-refractivity contribution >= 4 is 11.9 Å². The second-order valence-electron chi connectivity index (χ2n) is 6.10. The number of carbonyl (C=O) groups is 2. The van der Waals surface area contributed by atoms with E-state index < -0.39 is 11.5 Å². The molecule has 7 heteroatoms. The molecule has 7 nitrogen and oxygen atoms in total. The van der Waals surface area contributed by atoms with Crippen LogP contribution in [0.25, 0.3) is 0 Å². The summed E-state index contributed by atoms with van der Waals surface area (Å²) < 4.78 is 6.98. The molecule has 3 rings (SSSR count). The summed E-state index contributed by atoms with van der Waals surface area (Å²) in [5, 5.41) is 9.46. The summed E-state index contributed by atoms with van der Waals surface area (Å²) in [6, 6.07) is 0. The highest BCUT2D eigenvalue weighted by Crippen LogP contribution is 2.22. The van der Waals surface area contributed by atoms with Crippen molar-refractivity contribution in [2.75, 3.05) is 13.2 Å². The Morgan fingerprint density at radius 1 is 1.43 bits per heavy atom. The van der Waals surface area contributed by atoms with Gasteiger partial charge in [-0.05, 0) is 30.4 Å². The minimum absolute atomic E-state index is 0.0515. The average Bonchev–Trinajstić information content (AvgIpc) is 3.00. The Labute approximate surface area is 133 Å². The van der Waals surface area contributed by atoms with Crippen molar-refractivity contribution in [3.63, 3.8) is 0 Å². The van der Waals surface area contributed by atoms with Crippen LogP contribution in [0.2, 0.25) is 0 Å². The van der Waals surface area contributed by atoms with Gasteiger partial charge in [0.25, 0.3) is 5.56 Å². The summed E-state index contributed by atoms with van der Waals surface area (Å²) in [5.74, 6) is -1.26. The Kier molecular flexibility index (Phi) is 4.21. The van der Waals surface area contributed by atoms with Gasteiger partial charge >= 0.3 is 5.97 Å². The number of carbonyl (C=O) groups excluding carboxylic acids is 1. The largest absolute Gasteiger partial charge is 0.477 e. The average molecular weight is 320 g/mol. The molecule has 2 aliphatic rings. The summed E-state index contributed by atoms with van der Waals surface area (Å²) in [5.41, 5.74) is 0.650. The predicted molar refractivity (Wildman–Crippen MR) is 81.4 cm³/mol. The Morgan fingerprint density at radius 2 is 2.22 bits per heavy atom. The predicted octanol–water partition coefficient (Wildman–Crippen LogP) is 0.630. The van der Waals surface area contributed by atoms with E-state index in [1.807, 2.05) is 0 Å². The summed E-state index contributed by atoms with van der Waals surface area (Å²) in [7, 11) is 0. The van der Waals surface area contributed by atoms with Crippen LogP contribution < -0.4 is 5.56 Å². The van der Waals surface area contributed by atoms with Crippen LogP contribution in [0.5, 0.6) is 0 Å². The molecule has 2 aliphatic heterocycles. The molecular formula is C16H20N2O5. The van der Waals surface area contributed by atoms with E-state index in [-0.39, 0.29) is 17.6 Å². The van der Waals surface area contributed by atoms with Crippen molar-refractivity contribution in [2.24, 2.45) is 0 Å². The third kappa shape index (κ3) is 3.01. The first-order valence-corrected chi connectivity index (χ1v) is 7.83. The number of hydrogen-bond donors (Lipinski definition) is 1.